The number of carbonyl (C=O) groups excluding carboxylic acids is 1. The largest absolute Gasteiger partial charge is 0.374 e. The minimum atomic E-state index is -1.01. The van der Waals surface area contributed by atoms with Crippen LogP contribution in [0.1, 0.15) is 30.0 Å². The molecule has 3 aromatic carbocycles. The first-order valence-electron chi connectivity index (χ1n) is 11.2. The molecule has 0 saturated heterocycles. The van der Waals surface area contributed by atoms with Crippen LogP contribution in [0.3, 0.4) is 0 Å². The van der Waals surface area contributed by atoms with Crippen LogP contribution in [-0.4, -0.2) is 18.6 Å². The number of para-hydroxylation sites is 1. The molecule has 0 aliphatic carbocycles. The molecule has 168 valence electrons. The summed E-state index contributed by atoms with van der Waals surface area (Å²) >= 11 is 3.48. The van der Waals surface area contributed by atoms with Crippen LogP contribution < -0.4 is 4.90 Å². The quantitative estimate of drug-likeness (QED) is 0.379. The van der Waals surface area contributed by atoms with Crippen molar-refractivity contribution in [3.63, 3.8) is 0 Å². The molecular weight excluding hydrogens is 478 g/mol. The van der Waals surface area contributed by atoms with Gasteiger partial charge in [-0.05, 0) is 36.2 Å². The SMILES string of the molecule is CC1=C[C@@H](COCc2ccccc2)O[C@@]2(C1)C(=O)N(Cc1ccc(Br)cc1)c1ccccc12. The highest BCUT2D eigenvalue weighted by Crippen LogP contribution is 2.49. The summed E-state index contributed by atoms with van der Waals surface area (Å²) in [6, 6.07) is 26.2. The van der Waals surface area contributed by atoms with Crippen LogP contribution in [0.5, 0.6) is 0 Å². The fourth-order valence-electron chi connectivity index (χ4n) is 4.76. The molecule has 0 N–H and O–H groups in total. The second-order valence-electron chi connectivity index (χ2n) is 8.71. The van der Waals surface area contributed by atoms with Crippen molar-refractivity contribution < 1.29 is 14.3 Å². The molecule has 5 heteroatoms. The van der Waals surface area contributed by atoms with Crippen molar-refractivity contribution in [3.05, 3.63) is 112 Å². The van der Waals surface area contributed by atoms with Crippen molar-refractivity contribution in [3.8, 4) is 0 Å². The van der Waals surface area contributed by atoms with Crippen LogP contribution in [0.15, 0.2) is 95.0 Å². The van der Waals surface area contributed by atoms with Crippen LogP contribution in [-0.2, 0) is 33.0 Å². The van der Waals surface area contributed by atoms with Crippen LogP contribution >= 0.6 is 15.9 Å². The number of benzene rings is 3. The molecule has 2 atom stereocenters. The number of anilines is 1. The molecule has 0 unspecified atom stereocenters. The van der Waals surface area contributed by atoms with Gasteiger partial charge in [-0.3, -0.25) is 4.79 Å². The zero-order valence-corrected chi connectivity index (χ0v) is 20.1. The van der Waals surface area contributed by atoms with Gasteiger partial charge in [0.25, 0.3) is 5.91 Å². The molecule has 33 heavy (non-hydrogen) atoms. The molecule has 0 aromatic heterocycles. The lowest BCUT2D eigenvalue weighted by Gasteiger charge is -2.36. The van der Waals surface area contributed by atoms with E-state index in [1.807, 2.05) is 83.8 Å². The minimum Gasteiger partial charge on any atom is -0.374 e. The maximum absolute atomic E-state index is 13.9. The number of hydrogen-bond donors (Lipinski definition) is 0. The standard InChI is InChI=1S/C28H26BrNO3/c1-20-15-24(19-32-18-22-7-3-2-4-8-22)33-28(16-20)25-9-5-6-10-26(25)30(27(28)31)17-21-11-13-23(29)14-12-21/h2-15,24H,16-19H2,1H3/t24-,28+/m0/s1. The Kier molecular flexibility index (Phi) is 6.19. The minimum absolute atomic E-state index is 0.00729. The van der Waals surface area contributed by atoms with Gasteiger partial charge in [0.1, 0.15) is 6.10 Å². The van der Waals surface area contributed by atoms with Crippen LogP contribution in [0.4, 0.5) is 5.69 Å². The van der Waals surface area contributed by atoms with Gasteiger partial charge in [0.2, 0.25) is 0 Å². The highest BCUT2D eigenvalue weighted by Gasteiger charge is 2.54. The zero-order valence-electron chi connectivity index (χ0n) is 18.5. The molecule has 1 amide bonds. The van der Waals surface area contributed by atoms with Crippen molar-refractivity contribution in [1.82, 2.24) is 0 Å². The first-order chi connectivity index (χ1) is 16.0. The van der Waals surface area contributed by atoms with E-state index >= 15 is 0 Å². The fourth-order valence-corrected chi connectivity index (χ4v) is 5.02. The second kappa shape index (κ2) is 9.26. The summed E-state index contributed by atoms with van der Waals surface area (Å²) in [5, 5.41) is 0. The Morgan fingerprint density at radius 3 is 2.52 bits per heavy atom. The Bertz CT molecular complexity index is 1180. The lowest BCUT2D eigenvalue weighted by atomic mass is 9.85. The summed E-state index contributed by atoms with van der Waals surface area (Å²) in [5.74, 6) is -0.00729. The topological polar surface area (TPSA) is 38.8 Å². The van der Waals surface area contributed by atoms with E-state index in [2.05, 4.69) is 28.9 Å². The van der Waals surface area contributed by atoms with E-state index < -0.39 is 5.60 Å². The highest BCUT2D eigenvalue weighted by molar-refractivity contribution is 9.10. The number of amides is 1. The number of hydrogen-bond acceptors (Lipinski definition) is 3. The molecule has 2 aliphatic rings. The third-order valence-electron chi connectivity index (χ3n) is 6.22. The highest BCUT2D eigenvalue weighted by atomic mass is 79.9. The maximum atomic E-state index is 13.9. The van der Waals surface area contributed by atoms with Crippen molar-refractivity contribution in [2.45, 2.75) is 38.2 Å². The Morgan fingerprint density at radius 2 is 1.73 bits per heavy atom. The monoisotopic (exact) mass is 503 g/mol. The Labute approximate surface area is 203 Å². The summed E-state index contributed by atoms with van der Waals surface area (Å²) < 4.78 is 13.6. The molecule has 4 nitrogen and oxygen atoms in total. The zero-order chi connectivity index (χ0) is 22.8. The fraction of sp³-hybridized carbons (Fsp3) is 0.250. The van der Waals surface area contributed by atoms with Gasteiger partial charge in [0.15, 0.2) is 5.60 Å². The van der Waals surface area contributed by atoms with Gasteiger partial charge < -0.3 is 14.4 Å². The lowest BCUT2D eigenvalue weighted by Crippen LogP contribution is -2.47. The van der Waals surface area contributed by atoms with E-state index in [9.17, 15) is 4.79 Å². The van der Waals surface area contributed by atoms with E-state index in [4.69, 9.17) is 9.47 Å². The maximum Gasteiger partial charge on any atom is 0.264 e. The molecule has 3 aromatic rings. The third-order valence-corrected chi connectivity index (χ3v) is 6.75. The van der Waals surface area contributed by atoms with Gasteiger partial charge in [-0.1, -0.05) is 88.2 Å². The smallest absolute Gasteiger partial charge is 0.264 e. The summed E-state index contributed by atoms with van der Waals surface area (Å²) in [7, 11) is 0. The first kappa shape index (κ1) is 22.1. The number of halogens is 1. The first-order valence-corrected chi connectivity index (χ1v) is 12.0. The summed E-state index contributed by atoms with van der Waals surface area (Å²) in [5.41, 5.74) is 4.18. The number of nitrogens with zero attached hydrogens (tertiary/aromatic N) is 1. The summed E-state index contributed by atoms with van der Waals surface area (Å²) in [6.07, 6.45) is 2.35. The average Bonchev–Trinajstić information content (AvgIpc) is 3.03. The number of ether oxygens (including phenoxy) is 2. The van der Waals surface area contributed by atoms with Crippen molar-refractivity contribution in [2.75, 3.05) is 11.5 Å². The average molecular weight is 504 g/mol. The normalized spacial score (nSPS) is 21.9. The molecular formula is C28H26BrNO3. The number of rotatable bonds is 6. The van der Waals surface area contributed by atoms with E-state index in [-0.39, 0.29) is 12.0 Å². The molecule has 0 saturated carbocycles. The van der Waals surface area contributed by atoms with E-state index in [1.54, 1.807) is 0 Å². The molecule has 0 fully saturated rings. The lowest BCUT2D eigenvalue weighted by molar-refractivity contribution is -0.156. The van der Waals surface area contributed by atoms with Gasteiger partial charge in [-0.2, -0.15) is 0 Å². The van der Waals surface area contributed by atoms with Gasteiger partial charge in [-0.25, -0.2) is 0 Å². The molecule has 0 bridgehead atoms. The van der Waals surface area contributed by atoms with Crippen molar-refractivity contribution in [1.29, 1.82) is 0 Å². The third kappa shape index (κ3) is 4.41. The molecule has 1 spiro atoms. The van der Waals surface area contributed by atoms with Crippen LogP contribution in [0.2, 0.25) is 0 Å². The van der Waals surface area contributed by atoms with Crippen molar-refractivity contribution in [2.24, 2.45) is 0 Å². The summed E-state index contributed by atoms with van der Waals surface area (Å²) in [4.78, 5) is 15.8. The number of fused-ring (bicyclic) bond motifs is 2. The molecule has 2 heterocycles. The molecule has 0 radical (unpaired) electrons. The van der Waals surface area contributed by atoms with E-state index in [0.29, 0.717) is 26.2 Å². The predicted molar refractivity (Wildman–Crippen MR) is 133 cm³/mol. The second-order valence-corrected chi connectivity index (χ2v) is 9.62. The number of carbonyl (C=O) groups is 1. The van der Waals surface area contributed by atoms with Gasteiger partial charge in [0.05, 0.1) is 25.4 Å². The van der Waals surface area contributed by atoms with E-state index in [1.165, 1.54) is 0 Å². The Hall–Kier alpha value is -2.73. The molecule has 2 aliphatic heterocycles. The van der Waals surface area contributed by atoms with Crippen LogP contribution in [0, 0.1) is 0 Å². The Balaban J connectivity index is 1.39. The Morgan fingerprint density at radius 1 is 1.00 bits per heavy atom. The van der Waals surface area contributed by atoms with Gasteiger partial charge >= 0.3 is 0 Å². The molecule has 5 rings (SSSR count). The van der Waals surface area contributed by atoms with E-state index in [0.717, 1.165) is 32.4 Å². The van der Waals surface area contributed by atoms with Crippen LogP contribution in [0.25, 0.3) is 0 Å². The van der Waals surface area contributed by atoms with Gasteiger partial charge in [0, 0.05) is 16.5 Å². The van der Waals surface area contributed by atoms with Gasteiger partial charge in [-0.15, -0.1) is 0 Å². The summed E-state index contributed by atoms with van der Waals surface area (Å²) in [6.45, 7) is 3.49. The van der Waals surface area contributed by atoms with Crippen molar-refractivity contribution >= 4 is 27.5 Å². The predicted octanol–water partition coefficient (Wildman–Crippen LogP) is 6.14.